The molecule has 0 aromatic carbocycles. The van der Waals surface area contributed by atoms with Gasteiger partial charge in [-0.25, -0.2) is 15.1 Å². The van der Waals surface area contributed by atoms with Gasteiger partial charge in [0.15, 0.2) is 6.61 Å². The highest BCUT2D eigenvalue weighted by atomic mass is 16.7. The number of rotatable bonds is 3. The van der Waals surface area contributed by atoms with Gasteiger partial charge in [-0.2, -0.15) is 0 Å². The van der Waals surface area contributed by atoms with Crippen molar-refractivity contribution in [3.63, 3.8) is 0 Å². The summed E-state index contributed by atoms with van der Waals surface area (Å²) in [4.78, 5) is 27.8. The van der Waals surface area contributed by atoms with Crippen molar-refractivity contribution in [2.75, 3.05) is 13.2 Å². The van der Waals surface area contributed by atoms with Crippen molar-refractivity contribution >= 4 is 12.0 Å². The van der Waals surface area contributed by atoms with Crippen molar-refractivity contribution in [2.24, 2.45) is 0 Å². The van der Waals surface area contributed by atoms with E-state index in [9.17, 15) is 9.59 Å². The number of hydroxylamine groups is 1. The Morgan fingerprint density at radius 2 is 2.27 bits per heavy atom. The van der Waals surface area contributed by atoms with Gasteiger partial charge in [0.05, 0.1) is 0 Å². The molecule has 1 fully saturated rings. The summed E-state index contributed by atoms with van der Waals surface area (Å²) in [5, 5.41) is 8.30. The van der Waals surface area contributed by atoms with E-state index in [0.717, 1.165) is 19.3 Å². The van der Waals surface area contributed by atoms with Crippen molar-refractivity contribution in [3.8, 4) is 0 Å². The number of aliphatic carboxylic acids is 1. The maximum atomic E-state index is 11.5. The van der Waals surface area contributed by atoms with Gasteiger partial charge in [-0.3, -0.25) is 4.84 Å². The van der Waals surface area contributed by atoms with Crippen LogP contribution in [0, 0.1) is 0 Å². The summed E-state index contributed by atoms with van der Waals surface area (Å²) in [6.45, 7) is 2.15. The van der Waals surface area contributed by atoms with Crippen LogP contribution in [0.15, 0.2) is 0 Å². The second kappa shape index (κ2) is 5.55. The first-order chi connectivity index (χ1) is 7.11. The third kappa shape index (κ3) is 3.75. The molecule has 1 aliphatic rings. The highest BCUT2D eigenvalue weighted by molar-refractivity contribution is 5.74. The molecule has 0 aromatic heterocycles. The van der Waals surface area contributed by atoms with Gasteiger partial charge < -0.3 is 10.0 Å². The molecule has 1 rings (SSSR count). The van der Waals surface area contributed by atoms with Crippen LogP contribution < -0.4 is 5.48 Å². The van der Waals surface area contributed by atoms with E-state index in [-0.39, 0.29) is 12.1 Å². The number of likely N-dealkylation sites (tertiary alicyclic amines) is 1. The summed E-state index contributed by atoms with van der Waals surface area (Å²) in [5.41, 5.74) is 2.12. The van der Waals surface area contributed by atoms with Crippen molar-refractivity contribution < 1.29 is 19.5 Å². The molecule has 1 saturated heterocycles. The van der Waals surface area contributed by atoms with Crippen LogP contribution in [-0.2, 0) is 9.63 Å². The monoisotopic (exact) mass is 216 g/mol. The molecule has 6 nitrogen and oxygen atoms in total. The smallest absolute Gasteiger partial charge is 0.341 e. The normalized spacial score (nSPS) is 21.1. The Labute approximate surface area is 88.1 Å². The standard InChI is InChI=1S/C9H16N2O4/c1-7-4-2-3-5-11(7)9(14)10-15-6-8(12)13/h7H,2-6H2,1H3,(H,10,14)(H,12,13). The van der Waals surface area contributed by atoms with Crippen molar-refractivity contribution in [1.29, 1.82) is 0 Å². The summed E-state index contributed by atoms with van der Waals surface area (Å²) >= 11 is 0. The molecule has 0 spiro atoms. The van der Waals surface area contributed by atoms with E-state index >= 15 is 0 Å². The fourth-order valence-corrected chi connectivity index (χ4v) is 1.62. The fraction of sp³-hybridized carbons (Fsp3) is 0.778. The molecular formula is C9H16N2O4. The lowest BCUT2D eigenvalue weighted by Crippen LogP contribution is -2.47. The van der Waals surface area contributed by atoms with Gasteiger partial charge in [-0.05, 0) is 26.2 Å². The first-order valence-corrected chi connectivity index (χ1v) is 5.01. The predicted molar refractivity (Wildman–Crippen MR) is 52.1 cm³/mol. The summed E-state index contributed by atoms with van der Waals surface area (Å²) in [6.07, 6.45) is 3.09. The Morgan fingerprint density at radius 3 is 2.87 bits per heavy atom. The molecule has 0 aromatic rings. The van der Waals surface area contributed by atoms with E-state index in [0.29, 0.717) is 6.54 Å². The molecule has 0 bridgehead atoms. The quantitative estimate of drug-likeness (QED) is 0.676. The zero-order valence-corrected chi connectivity index (χ0v) is 8.73. The van der Waals surface area contributed by atoms with Gasteiger partial charge >= 0.3 is 12.0 Å². The first-order valence-electron chi connectivity index (χ1n) is 5.01. The van der Waals surface area contributed by atoms with Gasteiger partial charge in [0.1, 0.15) is 0 Å². The lowest BCUT2D eigenvalue weighted by Gasteiger charge is -2.32. The van der Waals surface area contributed by atoms with Crippen LogP contribution in [0.3, 0.4) is 0 Å². The van der Waals surface area contributed by atoms with Crippen LogP contribution in [0.25, 0.3) is 0 Å². The van der Waals surface area contributed by atoms with Gasteiger partial charge in [-0.1, -0.05) is 0 Å². The summed E-state index contributed by atoms with van der Waals surface area (Å²) < 4.78 is 0. The zero-order chi connectivity index (χ0) is 11.3. The maximum absolute atomic E-state index is 11.5. The van der Waals surface area contributed by atoms with Gasteiger partial charge in [-0.15, -0.1) is 0 Å². The Balaban J connectivity index is 2.29. The van der Waals surface area contributed by atoms with E-state index in [4.69, 9.17) is 5.11 Å². The lowest BCUT2D eigenvalue weighted by atomic mass is 10.0. The van der Waals surface area contributed by atoms with E-state index < -0.39 is 12.6 Å². The number of urea groups is 1. The lowest BCUT2D eigenvalue weighted by molar-refractivity contribution is -0.144. The minimum atomic E-state index is -1.11. The second-order valence-corrected chi connectivity index (χ2v) is 3.63. The number of carbonyl (C=O) groups is 2. The number of nitrogens with one attached hydrogen (secondary N) is 1. The van der Waals surface area contributed by atoms with Crippen molar-refractivity contribution in [3.05, 3.63) is 0 Å². The Morgan fingerprint density at radius 1 is 1.53 bits per heavy atom. The molecule has 2 amide bonds. The number of hydrogen-bond acceptors (Lipinski definition) is 3. The first kappa shape index (κ1) is 11.8. The van der Waals surface area contributed by atoms with E-state index in [2.05, 4.69) is 10.3 Å². The Hall–Kier alpha value is -1.30. The van der Waals surface area contributed by atoms with Gasteiger partial charge in [0, 0.05) is 12.6 Å². The number of amides is 2. The Kier molecular flexibility index (Phi) is 4.36. The van der Waals surface area contributed by atoms with E-state index in [1.165, 1.54) is 0 Å². The minimum absolute atomic E-state index is 0.187. The molecule has 1 heterocycles. The van der Waals surface area contributed by atoms with Crippen LogP contribution in [-0.4, -0.2) is 41.2 Å². The van der Waals surface area contributed by atoms with Crippen LogP contribution in [0.4, 0.5) is 4.79 Å². The van der Waals surface area contributed by atoms with Crippen LogP contribution in [0.5, 0.6) is 0 Å². The third-order valence-electron chi connectivity index (χ3n) is 2.42. The molecule has 2 N–H and O–H groups in total. The summed E-state index contributed by atoms with van der Waals surface area (Å²) in [7, 11) is 0. The molecule has 15 heavy (non-hydrogen) atoms. The largest absolute Gasteiger partial charge is 0.479 e. The van der Waals surface area contributed by atoms with Gasteiger partial charge in [0.25, 0.3) is 0 Å². The second-order valence-electron chi connectivity index (χ2n) is 3.63. The topological polar surface area (TPSA) is 78.9 Å². The van der Waals surface area contributed by atoms with Crippen molar-refractivity contribution in [2.45, 2.75) is 32.2 Å². The molecule has 1 aliphatic heterocycles. The molecule has 1 unspecified atom stereocenters. The van der Waals surface area contributed by atoms with Crippen LogP contribution in [0.1, 0.15) is 26.2 Å². The average molecular weight is 216 g/mol. The highest BCUT2D eigenvalue weighted by Gasteiger charge is 2.23. The molecule has 1 atom stereocenters. The zero-order valence-electron chi connectivity index (χ0n) is 8.73. The number of carbonyl (C=O) groups excluding carboxylic acids is 1. The van der Waals surface area contributed by atoms with E-state index in [1.54, 1.807) is 4.90 Å². The number of hydrogen-bond donors (Lipinski definition) is 2. The highest BCUT2D eigenvalue weighted by Crippen LogP contribution is 2.15. The maximum Gasteiger partial charge on any atom is 0.341 e. The average Bonchev–Trinajstić information content (AvgIpc) is 2.17. The SMILES string of the molecule is CC1CCCCN1C(=O)NOCC(=O)O. The van der Waals surface area contributed by atoms with Crippen LogP contribution >= 0.6 is 0 Å². The Bertz CT molecular complexity index is 244. The van der Waals surface area contributed by atoms with Crippen LogP contribution in [0.2, 0.25) is 0 Å². The fourth-order valence-electron chi connectivity index (χ4n) is 1.62. The molecular weight excluding hydrogens is 200 g/mol. The minimum Gasteiger partial charge on any atom is -0.479 e. The number of nitrogens with zero attached hydrogens (tertiary/aromatic N) is 1. The van der Waals surface area contributed by atoms with E-state index in [1.807, 2.05) is 6.92 Å². The molecule has 6 heteroatoms. The predicted octanol–water partition coefficient (Wildman–Crippen LogP) is 0.587. The van der Waals surface area contributed by atoms with Gasteiger partial charge in [0.2, 0.25) is 0 Å². The molecule has 86 valence electrons. The van der Waals surface area contributed by atoms with Crippen molar-refractivity contribution in [1.82, 2.24) is 10.4 Å². The number of piperidine rings is 1. The molecule has 0 saturated carbocycles. The summed E-state index contributed by atoms with van der Waals surface area (Å²) in [6, 6.07) is -0.171. The third-order valence-corrected chi connectivity index (χ3v) is 2.42. The summed E-state index contributed by atoms with van der Waals surface area (Å²) in [5.74, 6) is -1.11. The number of carboxylic acids is 1. The molecule has 0 radical (unpaired) electrons. The number of carboxylic acid groups (broad SMARTS) is 1. The molecule has 0 aliphatic carbocycles.